The highest BCUT2D eigenvalue weighted by Crippen LogP contribution is 2.28. The van der Waals surface area contributed by atoms with Gasteiger partial charge in [-0.05, 0) is 40.5 Å². The van der Waals surface area contributed by atoms with Crippen molar-refractivity contribution < 1.29 is 10.2 Å². The van der Waals surface area contributed by atoms with Gasteiger partial charge < -0.3 is 20.8 Å². The van der Waals surface area contributed by atoms with Crippen LogP contribution in [0.15, 0.2) is 16.6 Å². The Hall–Kier alpha value is -0.780. The van der Waals surface area contributed by atoms with E-state index in [1.807, 2.05) is 19.1 Å². The molecule has 0 aliphatic rings. The zero-order valence-corrected chi connectivity index (χ0v) is 9.43. The Bertz CT molecular complexity index is 291. The van der Waals surface area contributed by atoms with Gasteiger partial charge >= 0.3 is 0 Å². The third kappa shape index (κ3) is 2.60. The minimum absolute atomic E-state index is 0.110. The van der Waals surface area contributed by atoms with Crippen LogP contribution >= 0.6 is 15.9 Å². The predicted octanol–water partition coefficient (Wildman–Crippen LogP) is 1.48. The van der Waals surface area contributed by atoms with Crippen LogP contribution in [-0.4, -0.2) is 23.7 Å². The lowest BCUT2D eigenvalue weighted by Gasteiger charge is -2.12. The number of hydrogen-bond donors (Lipinski definition) is 4. The molecule has 0 saturated carbocycles. The number of nitrogens with one attached hydrogen (secondary N) is 2. The zero-order chi connectivity index (χ0) is 10.6. The van der Waals surface area contributed by atoms with Crippen molar-refractivity contribution in [2.24, 2.45) is 0 Å². The second kappa shape index (κ2) is 5.19. The smallest absolute Gasteiger partial charge is 0.113 e. The maximum Gasteiger partial charge on any atom is 0.113 e. The van der Waals surface area contributed by atoms with Crippen LogP contribution in [0.1, 0.15) is 5.56 Å². The molecule has 1 aromatic rings. The summed E-state index contributed by atoms with van der Waals surface area (Å²) in [6, 6.07) is 3.74. The van der Waals surface area contributed by atoms with Gasteiger partial charge in [0.05, 0.1) is 5.69 Å². The van der Waals surface area contributed by atoms with Crippen molar-refractivity contribution in [1.82, 2.24) is 0 Å². The summed E-state index contributed by atoms with van der Waals surface area (Å²) in [5, 5.41) is 23.1. The average Bonchev–Trinajstić information content (AvgIpc) is 2.14. The first-order valence-corrected chi connectivity index (χ1v) is 4.98. The Morgan fingerprint density at radius 1 is 1.14 bits per heavy atom. The van der Waals surface area contributed by atoms with E-state index < -0.39 is 0 Å². The van der Waals surface area contributed by atoms with Gasteiger partial charge in [0, 0.05) is 10.2 Å². The molecule has 5 heteroatoms. The standard InChI is InChI=1S/C9H13BrN2O2/c1-6-2-7(10)9(12-5-14)3-8(6)11-4-13/h2-3,11-14H,4-5H2,1H3. The van der Waals surface area contributed by atoms with Gasteiger partial charge in [0.25, 0.3) is 0 Å². The van der Waals surface area contributed by atoms with Crippen LogP contribution in [0.3, 0.4) is 0 Å². The summed E-state index contributed by atoms with van der Waals surface area (Å²) in [5.41, 5.74) is 2.65. The van der Waals surface area contributed by atoms with Crippen molar-refractivity contribution in [2.45, 2.75) is 6.92 Å². The molecule has 0 amide bonds. The molecule has 0 aromatic heterocycles. The summed E-state index contributed by atoms with van der Waals surface area (Å²) in [4.78, 5) is 0. The van der Waals surface area contributed by atoms with Crippen molar-refractivity contribution >= 4 is 27.3 Å². The fourth-order valence-electron chi connectivity index (χ4n) is 1.17. The monoisotopic (exact) mass is 260 g/mol. The normalized spacial score (nSPS) is 10.0. The first-order chi connectivity index (χ1) is 6.69. The van der Waals surface area contributed by atoms with E-state index in [1.165, 1.54) is 0 Å². The summed E-state index contributed by atoms with van der Waals surface area (Å²) in [5.74, 6) is 0. The van der Waals surface area contributed by atoms with Gasteiger partial charge in [0.1, 0.15) is 13.5 Å². The molecule has 0 bridgehead atoms. The Labute approximate surface area is 91.1 Å². The highest BCUT2D eigenvalue weighted by molar-refractivity contribution is 9.10. The van der Waals surface area contributed by atoms with Gasteiger partial charge in [-0.2, -0.15) is 0 Å². The molecule has 1 aromatic carbocycles. The lowest BCUT2D eigenvalue weighted by Crippen LogP contribution is -2.05. The van der Waals surface area contributed by atoms with E-state index in [2.05, 4.69) is 26.6 Å². The van der Waals surface area contributed by atoms with Crippen molar-refractivity contribution in [1.29, 1.82) is 0 Å². The van der Waals surface area contributed by atoms with Gasteiger partial charge in [0.2, 0.25) is 0 Å². The molecular formula is C9H13BrN2O2. The first-order valence-electron chi connectivity index (χ1n) is 4.18. The fraction of sp³-hybridized carbons (Fsp3) is 0.333. The van der Waals surface area contributed by atoms with Crippen molar-refractivity contribution in [3.8, 4) is 0 Å². The van der Waals surface area contributed by atoms with E-state index >= 15 is 0 Å². The van der Waals surface area contributed by atoms with E-state index in [9.17, 15) is 0 Å². The SMILES string of the molecule is Cc1cc(Br)c(NCO)cc1NCO. The molecule has 78 valence electrons. The molecule has 0 aliphatic carbocycles. The van der Waals surface area contributed by atoms with Crippen LogP contribution in [0.25, 0.3) is 0 Å². The minimum atomic E-state index is -0.125. The van der Waals surface area contributed by atoms with Gasteiger partial charge in [-0.1, -0.05) is 0 Å². The van der Waals surface area contributed by atoms with Gasteiger partial charge in [0.15, 0.2) is 0 Å². The van der Waals surface area contributed by atoms with Gasteiger partial charge in [-0.25, -0.2) is 0 Å². The van der Waals surface area contributed by atoms with E-state index in [-0.39, 0.29) is 13.5 Å². The Morgan fingerprint density at radius 2 is 1.71 bits per heavy atom. The summed E-state index contributed by atoms with van der Waals surface area (Å²) in [6.07, 6.45) is 0. The lowest BCUT2D eigenvalue weighted by atomic mass is 10.2. The molecule has 0 heterocycles. The second-order valence-corrected chi connectivity index (χ2v) is 3.67. The zero-order valence-electron chi connectivity index (χ0n) is 7.84. The van der Waals surface area contributed by atoms with Gasteiger partial charge in [-0.3, -0.25) is 0 Å². The van der Waals surface area contributed by atoms with E-state index in [0.29, 0.717) is 0 Å². The summed E-state index contributed by atoms with van der Waals surface area (Å²) < 4.78 is 0.882. The van der Waals surface area contributed by atoms with Crippen LogP contribution in [0.4, 0.5) is 11.4 Å². The summed E-state index contributed by atoms with van der Waals surface area (Å²) in [7, 11) is 0. The number of hydrogen-bond acceptors (Lipinski definition) is 4. The quantitative estimate of drug-likeness (QED) is 0.620. The topological polar surface area (TPSA) is 64.5 Å². The third-order valence-corrected chi connectivity index (χ3v) is 2.51. The second-order valence-electron chi connectivity index (χ2n) is 2.82. The molecule has 1 rings (SSSR count). The molecule has 0 atom stereocenters. The van der Waals surface area contributed by atoms with Gasteiger partial charge in [-0.15, -0.1) is 0 Å². The van der Waals surface area contributed by atoms with E-state index in [0.717, 1.165) is 21.4 Å². The molecule has 0 fully saturated rings. The Morgan fingerprint density at radius 3 is 2.29 bits per heavy atom. The molecule has 4 nitrogen and oxygen atoms in total. The summed E-state index contributed by atoms with van der Waals surface area (Å²) >= 11 is 3.37. The minimum Gasteiger partial charge on any atom is -0.377 e. The fourth-order valence-corrected chi connectivity index (χ4v) is 1.77. The van der Waals surface area contributed by atoms with Crippen LogP contribution in [0, 0.1) is 6.92 Å². The maximum absolute atomic E-state index is 8.74. The van der Waals surface area contributed by atoms with Crippen LogP contribution in [0.5, 0.6) is 0 Å². The lowest BCUT2D eigenvalue weighted by molar-refractivity contribution is 0.325. The number of aliphatic hydroxyl groups is 2. The van der Waals surface area contributed by atoms with Crippen LogP contribution in [-0.2, 0) is 0 Å². The molecule has 4 N–H and O–H groups in total. The van der Waals surface area contributed by atoms with Crippen molar-refractivity contribution in [3.05, 3.63) is 22.2 Å². The molecule has 0 radical (unpaired) electrons. The number of rotatable bonds is 4. The molecule has 0 aliphatic heterocycles. The van der Waals surface area contributed by atoms with Crippen LogP contribution < -0.4 is 10.6 Å². The Kier molecular flexibility index (Phi) is 4.19. The van der Waals surface area contributed by atoms with Crippen LogP contribution in [0.2, 0.25) is 0 Å². The summed E-state index contributed by atoms with van der Waals surface area (Å²) in [6.45, 7) is 1.70. The average molecular weight is 261 g/mol. The van der Waals surface area contributed by atoms with E-state index in [1.54, 1.807) is 0 Å². The highest BCUT2D eigenvalue weighted by atomic mass is 79.9. The highest BCUT2D eigenvalue weighted by Gasteiger charge is 2.04. The molecule has 14 heavy (non-hydrogen) atoms. The molecule has 0 spiro atoms. The first kappa shape index (κ1) is 11.3. The predicted molar refractivity (Wildman–Crippen MR) is 60.3 cm³/mol. The Balaban J connectivity index is 3.00. The number of aryl methyl sites for hydroxylation is 1. The number of halogens is 1. The number of benzene rings is 1. The molecule has 0 saturated heterocycles. The number of anilines is 2. The molecule has 0 unspecified atom stereocenters. The number of aliphatic hydroxyl groups excluding tert-OH is 2. The third-order valence-electron chi connectivity index (χ3n) is 1.85. The largest absolute Gasteiger partial charge is 0.377 e. The van der Waals surface area contributed by atoms with E-state index in [4.69, 9.17) is 10.2 Å². The van der Waals surface area contributed by atoms with Crippen molar-refractivity contribution in [2.75, 3.05) is 24.1 Å². The van der Waals surface area contributed by atoms with Crippen molar-refractivity contribution in [3.63, 3.8) is 0 Å². The maximum atomic E-state index is 8.74. The molecular weight excluding hydrogens is 248 g/mol.